The number of hydrogen-bond acceptors (Lipinski definition) is 8. The van der Waals surface area contributed by atoms with Crippen LogP contribution in [0.2, 0.25) is 0 Å². The van der Waals surface area contributed by atoms with Crippen LogP contribution >= 0.6 is 0 Å². The minimum atomic E-state index is -1.65. The molecule has 7 N–H and O–H groups in total. The van der Waals surface area contributed by atoms with Gasteiger partial charge in [-0.3, -0.25) is 0 Å². The summed E-state index contributed by atoms with van der Waals surface area (Å²) in [5.41, 5.74) is 0. The molecule has 1 aliphatic rings. The second kappa shape index (κ2) is 6.03. The second-order valence-corrected chi connectivity index (χ2v) is 4.03. The Kier molecular flexibility index (Phi) is 5.22. The van der Waals surface area contributed by atoms with Crippen LogP contribution in [0, 0.1) is 0 Å². The molecule has 17 heavy (non-hydrogen) atoms. The first-order valence-corrected chi connectivity index (χ1v) is 5.21. The van der Waals surface area contributed by atoms with E-state index >= 15 is 0 Å². The Bertz CT molecular complexity index is 231. The Hall–Kier alpha value is -0.320. The molecule has 1 saturated heterocycles. The quantitative estimate of drug-likeness (QED) is 0.265. The fraction of sp³-hybridized carbons (Fsp3) is 1.00. The van der Waals surface area contributed by atoms with Crippen molar-refractivity contribution in [3.63, 3.8) is 0 Å². The highest BCUT2D eigenvalue weighted by Gasteiger charge is 2.47. The van der Waals surface area contributed by atoms with Crippen LogP contribution in [-0.2, 0) is 4.74 Å². The van der Waals surface area contributed by atoms with Gasteiger partial charge in [0.25, 0.3) is 0 Å². The summed E-state index contributed by atoms with van der Waals surface area (Å²) in [7, 11) is 0. The van der Waals surface area contributed by atoms with Crippen LogP contribution < -0.4 is 0 Å². The van der Waals surface area contributed by atoms with Gasteiger partial charge in [0.2, 0.25) is 0 Å². The maximum absolute atomic E-state index is 9.57. The summed E-state index contributed by atoms with van der Waals surface area (Å²) in [6, 6.07) is 0. The summed E-state index contributed by atoms with van der Waals surface area (Å²) < 4.78 is 4.98. The minimum absolute atomic E-state index is 0.622. The molecule has 1 heterocycles. The van der Waals surface area contributed by atoms with E-state index in [2.05, 4.69) is 0 Å². The van der Waals surface area contributed by atoms with E-state index in [1.54, 1.807) is 0 Å². The van der Waals surface area contributed by atoms with Crippen LogP contribution in [0.3, 0.4) is 0 Å². The molecule has 0 bridgehead atoms. The summed E-state index contributed by atoms with van der Waals surface area (Å²) in [6.45, 7) is -1.38. The van der Waals surface area contributed by atoms with Crippen molar-refractivity contribution in [2.24, 2.45) is 0 Å². The Balaban J connectivity index is 2.78. The highest BCUT2D eigenvalue weighted by atomic mass is 16.6. The standard InChI is InChI=1S/C9H18O8/c10-1-3(12)5(13)9-8(16)7(15)6(14)4(2-11)17-9/h3-16H,1-2H2/t3-,4+,5?,6+,7-,8+,9+/m0/s1. The van der Waals surface area contributed by atoms with E-state index in [1.165, 1.54) is 0 Å². The van der Waals surface area contributed by atoms with Gasteiger partial charge in [-0.15, -0.1) is 0 Å². The van der Waals surface area contributed by atoms with Crippen molar-refractivity contribution in [1.82, 2.24) is 0 Å². The fourth-order valence-electron chi connectivity index (χ4n) is 1.74. The van der Waals surface area contributed by atoms with Gasteiger partial charge in [0.1, 0.15) is 42.7 Å². The van der Waals surface area contributed by atoms with Crippen molar-refractivity contribution in [2.75, 3.05) is 13.2 Å². The van der Waals surface area contributed by atoms with Crippen LogP contribution in [0.1, 0.15) is 0 Å². The van der Waals surface area contributed by atoms with Crippen LogP contribution in [0.25, 0.3) is 0 Å². The predicted molar refractivity (Wildman–Crippen MR) is 52.9 cm³/mol. The average Bonchev–Trinajstić information content (AvgIpc) is 2.34. The maximum Gasteiger partial charge on any atom is 0.115 e. The van der Waals surface area contributed by atoms with Crippen LogP contribution in [-0.4, -0.2) is 91.7 Å². The predicted octanol–water partition coefficient (Wildman–Crippen LogP) is -4.46. The molecule has 0 aromatic carbocycles. The molecule has 0 spiro atoms. The molecule has 1 unspecified atom stereocenters. The number of rotatable bonds is 4. The smallest absolute Gasteiger partial charge is 0.115 e. The lowest BCUT2D eigenvalue weighted by molar-refractivity contribution is -0.258. The SMILES string of the molecule is OC[C@H](O)C(O)[C@H]1O[C@H](CO)[C@@H](O)[C@H](O)[C@H]1O. The second-order valence-electron chi connectivity index (χ2n) is 4.03. The van der Waals surface area contributed by atoms with Crippen molar-refractivity contribution < 1.29 is 40.5 Å². The third-order valence-corrected chi connectivity index (χ3v) is 2.85. The molecule has 1 aliphatic heterocycles. The summed E-state index contributed by atoms with van der Waals surface area (Å²) >= 11 is 0. The van der Waals surface area contributed by atoms with Gasteiger partial charge in [-0.1, -0.05) is 0 Å². The molecule has 102 valence electrons. The summed E-state index contributed by atoms with van der Waals surface area (Å²) in [5.74, 6) is 0. The van der Waals surface area contributed by atoms with E-state index in [1.807, 2.05) is 0 Å². The van der Waals surface area contributed by atoms with E-state index in [0.29, 0.717) is 0 Å². The minimum Gasteiger partial charge on any atom is -0.394 e. The molecule has 8 heteroatoms. The topological polar surface area (TPSA) is 151 Å². The van der Waals surface area contributed by atoms with Crippen molar-refractivity contribution in [3.05, 3.63) is 0 Å². The lowest BCUT2D eigenvalue weighted by Crippen LogP contribution is -2.63. The summed E-state index contributed by atoms with van der Waals surface area (Å²) in [6.07, 6.45) is -10.5. The van der Waals surface area contributed by atoms with Gasteiger partial charge in [-0.25, -0.2) is 0 Å². The number of hydrogen-bond donors (Lipinski definition) is 7. The molecular formula is C9H18O8. The Morgan fingerprint density at radius 2 is 1.53 bits per heavy atom. The lowest BCUT2D eigenvalue weighted by atomic mass is 9.91. The molecular weight excluding hydrogens is 236 g/mol. The van der Waals surface area contributed by atoms with Gasteiger partial charge in [-0.05, 0) is 0 Å². The number of aliphatic hydroxyl groups excluding tert-OH is 7. The van der Waals surface area contributed by atoms with Crippen LogP contribution in [0.5, 0.6) is 0 Å². The zero-order chi connectivity index (χ0) is 13.2. The molecule has 1 fully saturated rings. The molecule has 0 aromatic heterocycles. The largest absolute Gasteiger partial charge is 0.394 e. The molecule has 0 amide bonds. The molecule has 0 aromatic rings. The highest BCUT2D eigenvalue weighted by molar-refractivity contribution is 4.96. The zero-order valence-corrected chi connectivity index (χ0v) is 8.99. The first-order chi connectivity index (χ1) is 7.93. The Morgan fingerprint density at radius 3 is 2.00 bits per heavy atom. The zero-order valence-electron chi connectivity index (χ0n) is 8.99. The van der Waals surface area contributed by atoms with E-state index in [-0.39, 0.29) is 0 Å². The molecule has 0 saturated carbocycles. The monoisotopic (exact) mass is 254 g/mol. The average molecular weight is 254 g/mol. The lowest BCUT2D eigenvalue weighted by Gasteiger charge is -2.42. The number of ether oxygens (including phenoxy) is 1. The van der Waals surface area contributed by atoms with E-state index < -0.39 is 55.9 Å². The first-order valence-electron chi connectivity index (χ1n) is 5.21. The third kappa shape index (κ3) is 2.92. The van der Waals surface area contributed by atoms with Crippen LogP contribution in [0.15, 0.2) is 0 Å². The van der Waals surface area contributed by atoms with Gasteiger partial charge in [0, 0.05) is 0 Å². The Morgan fingerprint density at radius 1 is 0.941 bits per heavy atom. The van der Waals surface area contributed by atoms with Crippen molar-refractivity contribution >= 4 is 0 Å². The van der Waals surface area contributed by atoms with E-state index in [4.69, 9.17) is 14.9 Å². The van der Waals surface area contributed by atoms with Gasteiger partial charge in [0.15, 0.2) is 0 Å². The fourth-order valence-corrected chi connectivity index (χ4v) is 1.74. The number of aliphatic hydroxyl groups is 7. The molecule has 8 nitrogen and oxygen atoms in total. The van der Waals surface area contributed by atoms with Crippen molar-refractivity contribution in [3.8, 4) is 0 Å². The third-order valence-electron chi connectivity index (χ3n) is 2.85. The van der Waals surface area contributed by atoms with Gasteiger partial charge in [0.05, 0.1) is 13.2 Å². The van der Waals surface area contributed by atoms with Crippen molar-refractivity contribution in [1.29, 1.82) is 0 Å². The molecule has 0 radical (unpaired) electrons. The molecule has 7 atom stereocenters. The van der Waals surface area contributed by atoms with E-state index in [9.17, 15) is 25.5 Å². The van der Waals surface area contributed by atoms with Crippen LogP contribution in [0.4, 0.5) is 0 Å². The maximum atomic E-state index is 9.57. The molecule has 0 aliphatic carbocycles. The normalized spacial score (nSPS) is 42.2. The van der Waals surface area contributed by atoms with Crippen molar-refractivity contribution in [2.45, 2.75) is 42.7 Å². The summed E-state index contributed by atoms with van der Waals surface area (Å²) in [4.78, 5) is 0. The first kappa shape index (κ1) is 14.7. The van der Waals surface area contributed by atoms with Gasteiger partial charge >= 0.3 is 0 Å². The van der Waals surface area contributed by atoms with Gasteiger partial charge in [-0.2, -0.15) is 0 Å². The van der Waals surface area contributed by atoms with Gasteiger partial charge < -0.3 is 40.5 Å². The highest BCUT2D eigenvalue weighted by Crippen LogP contribution is 2.24. The van der Waals surface area contributed by atoms with E-state index in [0.717, 1.165) is 0 Å². The summed E-state index contributed by atoms with van der Waals surface area (Å²) in [5, 5.41) is 64.8. The molecule has 1 rings (SSSR count). The Labute approximate surface area is 97.3 Å².